The van der Waals surface area contributed by atoms with Crippen LogP contribution in [0.25, 0.3) is 22.5 Å². The van der Waals surface area contributed by atoms with Gasteiger partial charge in [0.05, 0.1) is 18.7 Å². The minimum Gasteiger partial charge on any atom is -0.481 e. The minimum absolute atomic E-state index is 0.0580. The first kappa shape index (κ1) is 16.0. The maximum Gasteiger partial charge on any atom is 0.303 e. The number of rotatable bonds is 3. The summed E-state index contributed by atoms with van der Waals surface area (Å²) in [6, 6.07) is 15.2. The molecule has 130 valence electrons. The topological polar surface area (TPSA) is 99.2 Å². The quantitative estimate of drug-likeness (QED) is 0.758. The summed E-state index contributed by atoms with van der Waals surface area (Å²) in [5, 5.41) is 20.2. The summed E-state index contributed by atoms with van der Waals surface area (Å²) in [7, 11) is 0. The number of H-pyrrole nitrogens is 1. The summed E-state index contributed by atoms with van der Waals surface area (Å²) in [4.78, 5) is 25.3. The average Bonchev–Trinajstić information content (AvgIpc) is 3.12. The number of nitrogens with zero attached hydrogens (tertiary/aromatic N) is 3. The molecule has 0 saturated carbocycles. The van der Waals surface area contributed by atoms with E-state index in [1.807, 2.05) is 48.5 Å². The van der Waals surface area contributed by atoms with Crippen LogP contribution >= 0.6 is 0 Å². The molecule has 7 nitrogen and oxygen atoms in total. The maximum atomic E-state index is 12.8. The first-order valence-corrected chi connectivity index (χ1v) is 8.26. The van der Waals surface area contributed by atoms with Crippen molar-refractivity contribution in [3.63, 3.8) is 0 Å². The Kier molecular flexibility index (Phi) is 3.96. The first-order chi connectivity index (χ1) is 12.6. The molecule has 2 aromatic carbocycles. The van der Waals surface area contributed by atoms with E-state index in [2.05, 4.69) is 15.4 Å². The number of anilines is 1. The number of aliphatic carboxylic acids is 1. The lowest BCUT2D eigenvalue weighted by molar-refractivity contribution is -0.138. The van der Waals surface area contributed by atoms with Crippen molar-refractivity contribution < 1.29 is 14.7 Å². The minimum atomic E-state index is -0.988. The van der Waals surface area contributed by atoms with Gasteiger partial charge in [-0.3, -0.25) is 9.59 Å². The van der Waals surface area contributed by atoms with E-state index in [4.69, 9.17) is 5.11 Å². The second kappa shape index (κ2) is 6.44. The van der Waals surface area contributed by atoms with Gasteiger partial charge >= 0.3 is 5.97 Å². The van der Waals surface area contributed by atoms with Gasteiger partial charge in [0.2, 0.25) is 5.91 Å². The summed E-state index contributed by atoms with van der Waals surface area (Å²) in [5.41, 5.74) is 4.74. The molecule has 1 aliphatic heterocycles. The number of aromatic amines is 1. The number of carboxylic acids is 1. The number of amides is 1. The first-order valence-electron chi connectivity index (χ1n) is 8.26. The number of carbonyl (C=O) groups is 2. The Morgan fingerprint density at radius 2 is 1.62 bits per heavy atom. The Bertz CT molecular complexity index is 996. The molecule has 26 heavy (non-hydrogen) atoms. The van der Waals surface area contributed by atoms with E-state index in [0.29, 0.717) is 17.9 Å². The van der Waals surface area contributed by atoms with Crippen molar-refractivity contribution in [2.24, 2.45) is 0 Å². The number of fused-ring (bicyclic) bond motifs is 5. The number of hydrogen-bond acceptors (Lipinski definition) is 4. The standard InChI is InChI=1S/C19H16N4O3/c24-16(9-10-17(25)26)23-11-12-5-1-2-6-13(12)18-19(21-22-20-18)14-7-3-4-8-15(14)23/h1-8H,9-11H2,(H,25,26)(H,20,21,22). The zero-order valence-electron chi connectivity index (χ0n) is 13.8. The lowest BCUT2D eigenvalue weighted by Gasteiger charge is -2.28. The SMILES string of the molecule is O=C(O)CCC(=O)N1Cc2ccccc2-c2n[nH]nc2-c2ccccc21. The number of para-hydroxylation sites is 1. The van der Waals surface area contributed by atoms with E-state index >= 15 is 0 Å². The molecule has 0 bridgehead atoms. The molecule has 2 heterocycles. The molecule has 2 N–H and O–H groups in total. The molecule has 0 aliphatic carbocycles. The highest BCUT2D eigenvalue weighted by Gasteiger charge is 2.27. The molecule has 1 aliphatic rings. The summed E-state index contributed by atoms with van der Waals surface area (Å²) in [6.07, 6.45) is -0.258. The number of carboxylic acid groups (broad SMARTS) is 1. The van der Waals surface area contributed by atoms with Crippen LogP contribution in [0.1, 0.15) is 18.4 Å². The Labute approximate surface area is 149 Å². The van der Waals surface area contributed by atoms with Crippen LogP contribution in [0.3, 0.4) is 0 Å². The molecule has 0 saturated heterocycles. The summed E-state index contributed by atoms with van der Waals surface area (Å²) >= 11 is 0. The fourth-order valence-corrected chi connectivity index (χ4v) is 3.23. The van der Waals surface area contributed by atoms with Gasteiger partial charge in [-0.25, -0.2) is 0 Å². The number of carbonyl (C=O) groups excluding carboxylic acids is 1. The van der Waals surface area contributed by atoms with Crippen molar-refractivity contribution in [3.05, 3.63) is 54.1 Å². The Balaban J connectivity index is 1.88. The van der Waals surface area contributed by atoms with Crippen LogP contribution in [0.5, 0.6) is 0 Å². The van der Waals surface area contributed by atoms with E-state index in [0.717, 1.165) is 22.4 Å². The Morgan fingerprint density at radius 3 is 2.38 bits per heavy atom. The van der Waals surface area contributed by atoms with Gasteiger partial charge in [0.1, 0.15) is 11.4 Å². The van der Waals surface area contributed by atoms with Crippen LogP contribution in [0.15, 0.2) is 48.5 Å². The van der Waals surface area contributed by atoms with Gasteiger partial charge < -0.3 is 10.0 Å². The molecule has 0 radical (unpaired) electrons. The van der Waals surface area contributed by atoms with Crippen molar-refractivity contribution in [1.82, 2.24) is 15.4 Å². The molecule has 4 rings (SSSR count). The van der Waals surface area contributed by atoms with E-state index < -0.39 is 5.97 Å². The molecule has 3 aromatic rings. The van der Waals surface area contributed by atoms with Gasteiger partial charge in [-0.05, 0) is 11.6 Å². The number of benzene rings is 2. The second-order valence-corrected chi connectivity index (χ2v) is 6.07. The van der Waals surface area contributed by atoms with Crippen LogP contribution in [-0.4, -0.2) is 32.4 Å². The van der Waals surface area contributed by atoms with Crippen molar-refractivity contribution >= 4 is 17.6 Å². The normalized spacial score (nSPS) is 12.4. The van der Waals surface area contributed by atoms with Crippen molar-refractivity contribution in [2.75, 3.05) is 4.90 Å². The Morgan fingerprint density at radius 1 is 0.962 bits per heavy atom. The number of aromatic nitrogens is 3. The van der Waals surface area contributed by atoms with Gasteiger partial charge in [0, 0.05) is 17.5 Å². The number of nitrogens with one attached hydrogen (secondary N) is 1. The third kappa shape index (κ3) is 2.73. The predicted molar refractivity (Wildman–Crippen MR) is 95.3 cm³/mol. The van der Waals surface area contributed by atoms with Gasteiger partial charge in [0.25, 0.3) is 0 Å². The van der Waals surface area contributed by atoms with Gasteiger partial charge in [-0.2, -0.15) is 15.4 Å². The second-order valence-electron chi connectivity index (χ2n) is 6.07. The molecule has 1 amide bonds. The van der Waals surface area contributed by atoms with Crippen LogP contribution in [0, 0.1) is 0 Å². The predicted octanol–water partition coefficient (Wildman–Crippen LogP) is 2.85. The smallest absolute Gasteiger partial charge is 0.303 e. The zero-order chi connectivity index (χ0) is 18.1. The molecule has 7 heteroatoms. The van der Waals surface area contributed by atoms with Gasteiger partial charge in [-0.15, -0.1) is 0 Å². The van der Waals surface area contributed by atoms with E-state index in [-0.39, 0.29) is 18.7 Å². The molecule has 0 atom stereocenters. The summed E-state index contributed by atoms with van der Waals surface area (Å²) in [6.45, 7) is 0.345. The monoisotopic (exact) mass is 348 g/mol. The van der Waals surface area contributed by atoms with Crippen molar-refractivity contribution in [2.45, 2.75) is 19.4 Å². The largest absolute Gasteiger partial charge is 0.481 e. The lowest BCUT2D eigenvalue weighted by atomic mass is 9.95. The average molecular weight is 348 g/mol. The maximum absolute atomic E-state index is 12.8. The zero-order valence-corrected chi connectivity index (χ0v) is 13.8. The van der Waals surface area contributed by atoms with Gasteiger partial charge in [-0.1, -0.05) is 42.5 Å². The fraction of sp³-hybridized carbons (Fsp3) is 0.158. The Hall–Kier alpha value is -3.48. The molecular formula is C19H16N4O3. The molecular weight excluding hydrogens is 332 g/mol. The molecule has 0 spiro atoms. The number of hydrogen-bond donors (Lipinski definition) is 2. The van der Waals surface area contributed by atoms with Crippen LogP contribution in [0.4, 0.5) is 5.69 Å². The highest BCUT2D eigenvalue weighted by atomic mass is 16.4. The lowest BCUT2D eigenvalue weighted by Crippen LogP contribution is -2.32. The van der Waals surface area contributed by atoms with Crippen molar-refractivity contribution in [3.8, 4) is 22.5 Å². The molecule has 1 aromatic heterocycles. The van der Waals surface area contributed by atoms with Crippen molar-refractivity contribution in [1.29, 1.82) is 0 Å². The molecule has 0 unspecified atom stereocenters. The van der Waals surface area contributed by atoms with E-state index in [1.54, 1.807) is 4.90 Å². The third-order valence-electron chi connectivity index (χ3n) is 4.45. The summed E-state index contributed by atoms with van der Waals surface area (Å²) < 4.78 is 0. The van der Waals surface area contributed by atoms with E-state index in [1.165, 1.54) is 0 Å². The fourth-order valence-electron chi connectivity index (χ4n) is 3.23. The highest BCUT2D eigenvalue weighted by molar-refractivity contribution is 6.00. The van der Waals surface area contributed by atoms with Crippen LogP contribution in [-0.2, 0) is 16.1 Å². The van der Waals surface area contributed by atoms with Gasteiger partial charge in [0.15, 0.2) is 0 Å². The van der Waals surface area contributed by atoms with Crippen LogP contribution in [0.2, 0.25) is 0 Å². The van der Waals surface area contributed by atoms with E-state index in [9.17, 15) is 9.59 Å². The third-order valence-corrected chi connectivity index (χ3v) is 4.45. The summed E-state index contributed by atoms with van der Waals surface area (Å²) in [5.74, 6) is -1.22. The molecule has 0 fully saturated rings. The van der Waals surface area contributed by atoms with Crippen LogP contribution < -0.4 is 4.90 Å². The highest BCUT2D eigenvalue weighted by Crippen LogP contribution is 2.39.